The van der Waals surface area contributed by atoms with Crippen LogP contribution < -0.4 is 4.74 Å². The van der Waals surface area contributed by atoms with Crippen LogP contribution >= 0.6 is 11.3 Å². The van der Waals surface area contributed by atoms with Crippen LogP contribution in [0.25, 0.3) is 11.3 Å². The number of hydrogen-bond acceptors (Lipinski definition) is 4. The fourth-order valence-electron chi connectivity index (χ4n) is 1.76. The molecule has 1 aromatic carbocycles. The molecule has 0 radical (unpaired) electrons. The molecule has 4 heteroatoms. The van der Waals surface area contributed by atoms with E-state index >= 15 is 0 Å². The first-order valence-electron chi connectivity index (χ1n) is 5.82. The van der Waals surface area contributed by atoms with E-state index in [9.17, 15) is 5.11 Å². The van der Waals surface area contributed by atoms with E-state index in [0.717, 1.165) is 22.0 Å². The Balaban J connectivity index is 2.51. The molecule has 1 unspecified atom stereocenters. The summed E-state index contributed by atoms with van der Waals surface area (Å²) in [6.45, 7) is 5.85. The molecule has 0 saturated carbocycles. The Kier molecular flexibility index (Phi) is 3.68. The van der Waals surface area contributed by atoms with E-state index in [2.05, 4.69) is 24.9 Å². The maximum absolute atomic E-state index is 9.53. The van der Waals surface area contributed by atoms with Crippen LogP contribution in [0.4, 0.5) is 0 Å². The monoisotopic (exact) mass is 263 g/mol. The van der Waals surface area contributed by atoms with Crippen molar-refractivity contribution < 1.29 is 9.84 Å². The zero-order chi connectivity index (χ0) is 13.3. The van der Waals surface area contributed by atoms with E-state index < -0.39 is 6.10 Å². The summed E-state index contributed by atoms with van der Waals surface area (Å²) in [5, 5.41) is 12.2. The summed E-state index contributed by atoms with van der Waals surface area (Å²) in [4.78, 5) is 4.45. The van der Waals surface area contributed by atoms with E-state index in [0.29, 0.717) is 0 Å². The topological polar surface area (TPSA) is 42.4 Å². The largest absolute Gasteiger partial charge is 0.496 e. The van der Waals surface area contributed by atoms with Crippen molar-refractivity contribution in [2.75, 3.05) is 7.11 Å². The Morgan fingerprint density at radius 2 is 1.94 bits per heavy atom. The quantitative estimate of drug-likeness (QED) is 0.921. The summed E-state index contributed by atoms with van der Waals surface area (Å²) in [5.74, 6) is 0.820. The van der Waals surface area contributed by atoms with Gasteiger partial charge in [-0.2, -0.15) is 0 Å². The number of methoxy groups -OCH3 is 1. The number of aryl methyl sites for hydroxylation is 2. The molecule has 96 valence electrons. The Bertz CT molecular complexity index is 561. The molecule has 18 heavy (non-hydrogen) atoms. The molecule has 1 heterocycles. The van der Waals surface area contributed by atoms with Gasteiger partial charge in [0.25, 0.3) is 0 Å². The minimum absolute atomic E-state index is 0.527. The first kappa shape index (κ1) is 13.1. The van der Waals surface area contributed by atoms with Crippen LogP contribution in [-0.2, 0) is 0 Å². The van der Waals surface area contributed by atoms with E-state index in [1.807, 2.05) is 11.4 Å². The maximum atomic E-state index is 9.53. The lowest BCUT2D eigenvalue weighted by Gasteiger charge is -2.10. The Labute approximate surface area is 111 Å². The molecule has 0 aliphatic carbocycles. The number of aliphatic hydroxyl groups is 1. The van der Waals surface area contributed by atoms with Crippen molar-refractivity contribution in [2.45, 2.75) is 26.9 Å². The molecule has 0 spiro atoms. The van der Waals surface area contributed by atoms with Gasteiger partial charge in [0.05, 0.1) is 12.8 Å². The highest BCUT2D eigenvalue weighted by Gasteiger charge is 2.13. The number of aliphatic hydroxyl groups excluding tert-OH is 1. The van der Waals surface area contributed by atoms with Crippen molar-refractivity contribution in [1.82, 2.24) is 4.98 Å². The molecule has 2 aromatic rings. The predicted molar refractivity (Wildman–Crippen MR) is 74.2 cm³/mol. The molecule has 0 saturated heterocycles. The number of thiazole rings is 1. The standard InChI is InChI=1S/C14H17NO2S/c1-8-5-11(13(17-4)6-9(8)2)12-7-18-14(15-12)10(3)16/h5-7,10,16H,1-4H3. The van der Waals surface area contributed by atoms with Gasteiger partial charge in [0.2, 0.25) is 0 Å². The molecule has 0 bridgehead atoms. The van der Waals surface area contributed by atoms with Gasteiger partial charge in [-0.05, 0) is 44.0 Å². The molecule has 0 fully saturated rings. The van der Waals surface area contributed by atoms with Crippen LogP contribution in [0, 0.1) is 13.8 Å². The van der Waals surface area contributed by atoms with Crippen molar-refractivity contribution in [1.29, 1.82) is 0 Å². The van der Waals surface area contributed by atoms with Crippen molar-refractivity contribution >= 4 is 11.3 Å². The highest BCUT2D eigenvalue weighted by atomic mass is 32.1. The Hall–Kier alpha value is -1.39. The van der Waals surface area contributed by atoms with Gasteiger partial charge in [0.15, 0.2) is 0 Å². The molecule has 2 rings (SSSR count). The summed E-state index contributed by atoms with van der Waals surface area (Å²) in [6, 6.07) is 4.10. The van der Waals surface area contributed by atoms with Crippen LogP contribution in [0.2, 0.25) is 0 Å². The zero-order valence-corrected chi connectivity index (χ0v) is 11.8. The third-order valence-corrected chi connectivity index (χ3v) is 3.99. The minimum atomic E-state index is -0.527. The average molecular weight is 263 g/mol. The first-order valence-corrected chi connectivity index (χ1v) is 6.70. The highest BCUT2D eigenvalue weighted by Crippen LogP contribution is 2.34. The number of nitrogens with zero attached hydrogens (tertiary/aromatic N) is 1. The molecular formula is C14H17NO2S. The smallest absolute Gasteiger partial charge is 0.128 e. The Morgan fingerprint density at radius 3 is 2.50 bits per heavy atom. The SMILES string of the molecule is COc1cc(C)c(C)cc1-c1csc(C(C)O)n1. The van der Waals surface area contributed by atoms with E-state index in [1.54, 1.807) is 14.0 Å². The molecule has 1 atom stereocenters. The summed E-state index contributed by atoms with van der Waals surface area (Å²) in [7, 11) is 1.66. The third kappa shape index (κ3) is 2.40. The van der Waals surface area contributed by atoms with Gasteiger partial charge in [-0.3, -0.25) is 0 Å². The van der Waals surface area contributed by atoms with Gasteiger partial charge in [0, 0.05) is 10.9 Å². The lowest BCUT2D eigenvalue weighted by molar-refractivity contribution is 0.199. The summed E-state index contributed by atoms with van der Waals surface area (Å²) in [6.07, 6.45) is -0.527. The van der Waals surface area contributed by atoms with Crippen LogP contribution in [0.1, 0.15) is 29.2 Å². The van der Waals surface area contributed by atoms with Gasteiger partial charge in [-0.25, -0.2) is 4.98 Å². The summed E-state index contributed by atoms with van der Waals surface area (Å²) in [5.41, 5.74) is 4.23. The molecule has 0 amide bonds. The van der Waals surface area contributed by atoms with Gasteiger partial charge >= 0.3 is 0 Å². The fourth-order valence-corrected chi connectivity index (χ4v) is 2.52. The number of hydrogen-bond donors (Lipinski definition) is 1. The summed E-state index contributed by atoms with van der Waals surface area (Å²) >= 11 is 1.47. The van der Waals surface area contributed by atoms with Crippen LogP contribution in [-0.4, -0.2) is 17.2 Å². The normalized spacial score (nSPS) is 12.5. The highest BCUT2D eigenvalue weighted by molar-refractivity contribution is 7.10. The zero-order valence-electron chi connectivity index (χ0n) is 11.0. The number of aromatic nitrogens is 1. The molecule has 1 N–H and O–H groups in total. The van der Waals surface area contributed by atoms with E-state index in [-0.39, 0.29) is 0 Å². The number of benzene rings is 1. The Morgan fingerprint density at radius 1 is 1.28 bits per heavy atom. The second kappa shape index (κ2) is 5.08. The molecule has 1 aromatic heterocycles. The van der Waals surface area contributed by atoms with Gasteiger partial charge < -0.3 is 9.84 Å². The third-order valence-electron chi connectivity index (χ3n) is 2.97. The van der Waals surface area contributed by atoms with Crippen molar-refractivity contribution in [3.05, 3.63) is 33.6 Å². The number of rotatable bonds is 3. The van der Waals surface area contributed by atoms with Crippen LogP contribution in [0.5, 0.6) is 5.75 Å². The second-order valence-corrected chi connectivity index (χ2v) is 5.27. The lowest BCUT2D eigenvalue weighted by Crippen LogP contribution is -1.93. The van der Waals surface area contributed by atoms with Crippen molar-refractivity contribution in [3.8, 4) is 17.0 Å². The minimum Gasteiger partial charge on any atom is -0.496 e. The molecule has 3 nitrogen and oxygen atoms in total. The van der Waals surface area contributed by atoms with Gasteiger partial charge in [0.1, 0.15) is 16.9 Å². The molecule has 0 aliphatic heterocycles. The van der Waals surface area contributed by atoms with Gasteiger partial charge in [-0.15, -0.1) is 11.3 Å². The van der Waals surface area contributed by atoms with Crippen molar-refractivity contribution in [2.24, 2.45) is 0 Å². The van der Waals surface area contributed by atoms with E-state index in [1.165, 1.54) is 22.5 Å². The fraction of sp³-hybridized carbons (Fsp3) is 0.357. The van der Waals surface area contributed by atoms with Crippen LogP contribution in [0.3, 0.4) is 0 Å². The lowest BCUT2D eigenvalue weighted by atomic mass is 10.0. The molecular weight excluding hydrogens is 246 g/mol. The molecule has 0 aliphatic rings. The second-order valence-electron chi connectivity index (χ2n) is 4.38. The van der Waals surface area contributed by atoms with Crippen molar-refractivity contribution in [3.63, 3.8) is 0 Å². The van der Waals surface area contributed by atoms with Crippen LogP contribution in [0.15, 0.2) is 17.5 Å². The maximum Gasteiger partial charge on any atom is 0.128 e. The average Bonchev–Trinajstić information content (AvgIpc) is 2.81. The van der Waals surface area contributed by atoms with Gasteiger partial charge in [-0.1, -0.05) is 0 Å². The first-order chi connectivity index (χ1) is 8.52. The number of ether oxygens (including phenoxy) is 1. The predicted octanol–water partition coefficient (Wildman–Crippen LogP) is 3.49. The van der Waals surface area contributed by atoms with E-state index in [4.69, 9.17) is 4.74 Å². The summed E-state index contributed by atoms with van der Waals surface area (Å²) < 4.78 is 5.41.